The average molecular weight is 370 g/mol. The van der Waals surface area contributed by atoms with Crippen LogP contribution >= 0.6 is 0 Å². The molecule has 0 aromatic heterocycles. The van der Waals surface area contributed by atoms with Crippen LogP contribution in [0.25, 0.3) is 0 Å². The van der Waals surface area contributed by atoms with E-state index in [1.54, 1.807) is 6.92 Å². The average Bonchev–Trinajstić information content (AvgIpc) is 2.96. The number of nitrogens with one attached hydrogen (secondary N) is 1. The normalized spacial score (nSPS) is 25.8. The zero-order chi connectivity index (χ0) is 19.4. The van der Waals surface area contributed by atoms with Crippen LogP contribution in [0.15, 0.2) is 0 Å². The first-order chi connectivity index (χ1) is 12.2. The fourth-order valence-electron chi connectivity index (χ4n) is 3.47. The summed E-state index contributed by atoms with van der Waals surface area (Å²) in [6.07, 6.45) is 2.23. The van der Waals surface area contributed by atoms with Crippen LogP contribution in [0.2, 0.25) is 0 Å². The van der Waals surface area contributed by atoms with Gasteiger partial charge in [0.25, 0.3) is 0 Å². The quantitative estimate of drug-likeness (QED) is 0.749. The van der Waals surface area contributed by atoms with Crippen molar-refractivity contribution < 1.29 is 23.8 Å². The smallest absolute Gasteiger partial charge is 0.411 e. The summed E-state index contributed by atoms with van der Waals surface area (Å²) in [4.78, 5) is 26.6. The molecule has 2 aliphatic heterocycles. The van der Waals surface area contributed by atoms with E-state index in [9.17, 15) is 9.59 Å². The van der Waals surface area contributed by atoms with Crippen LogP contribution in [0.3, 0.4) is 0 Å². The maximum atomic E-state index is 12.5. The Balaban J connectivity index is 2.05. The highest BCUT2D eigenvalue weighted by atomic mass is 16.6. The second-order valence-corrected chi connectivity index (χ2v) is 8.57. The lowest BCUT2D eigenvalue weighted by atomic mass is 9.82. The zero-order valence-electron chi connectivity index (χ0n) is 16.8. The van der Waals surface area contributed by atoms with E-state index in [2.05, 4.69) is 12.2 Å². The summed E-state index contributed by atoms with van der Waals surface area (Å²) in [6, 6.07) is -0.769. The molecular formula is C19H34N2O5. The molecule has 0 radical (unpaired) electrons. The number of likely N-dealkylation sites (tertiary alicyclic amines) is 1. The SMILES string of the molecule is CCOC(=O)[C@@H]1[C@@H](NCC2(C)CCOCC2)CCN1C(=O)OC(C)(C)C. The molecule has 0 bridgehead atoms. The third-order valence-electron chi connectivity index (χ3n) is 5.04. The summed E-state index contributed by atoms with van der Waals surface area (Å²) in [5, 5.41) is 3.52. The molecule has 2 atom stereocenters. The van der Waals surface area contributed by atoms with Gasteiger partial charge in [-0.25, -0.2) is 9.59 Å². The molecule has 0 aromatic rings. The lowest BCUT2D eigenvalue weighted by Crippen LogP contribution is -2.53. The van der Waals surface area contributed by atoms with Crippen LogP contribution in [0.1, 0.15) is 53.9 Å². The first-order valence-electron chi connectivity index (χ1n) is 9.62. The highest BCUT2D eigenvalue weighted by Gasteiger charge is 2.45. The molecule has 2 fully saturated rings. The molecule has 150 valence electrons. The lowest BCUT2D eigenvalue weighted by molar-refractivity contribution is -0.149. The van der Waals surface area contributed by atoms with E-state index >= 15 is 0 Å². The molecule has 7 nitrogen and oxygen atoms in total. The van der Waals surface area contributed by atoms with Crippen molar-refractivity contribution in [2.24, 2.45) is 5.41 Å². The highest BCUT2D eigenvalue weighted by Crippen LogP contribution is 2.30. The Morgan fingerprint density at radius 3 is 2.50 bits per heavy atom. The van der Waals surface area contributed by atoms with Gasteiger partial charge in [-0.1, -0.05) is 6.92 Å². The second-order valence-electron chi connectivity index (χ2n) is 8.57. The first-order valence-corrected chi connectivity index (χ1v) is 9.62. The Hall–Kier alpha value is -1.34. The molecule has 26 heavy (non-hydrogen) atoms. The molecule has 2 rings (SSSR count). The van der Waals surface area contributed by atoms with Crippen LogP contribution in [-0.4, -0.2) is 67.6 Å². The number of carbonyl (C=O) groups excluding carboxylic acids is 2. The van der Waals surface area contributed by atoms with Gasteiger partial charge in [-0.15, -0.1) is 0 Å². The summed E-state index contributed by atoms with van der Waals surface area (Å²) >= 11 is 0. The number of rotatable bonds is 5. The number of hydrogen-bond acceptors (Lipinski definition) is 6. The van der Waals surface area contributed by atoms with E-state index in [4.69, 9.17) is 14.2 Å². The molecule has 0 unspecified atom stereocenters. The topological polar surface area (TPSA) is 77.1 Å². The Kier molecular flexibility index (Phi) is 6.91. The standard InChI is InChI=1S/C19H34N2O5/c1-6-25-16(22)15-14(20-13-19(5)8-11-24-12-9-19)7-10-21(15)17(23)26-18(2,3)4/h14-15,20H,6-13H2,1-5H3/t14-,15-/m0/s1. The molecule has 0 aliphatic carbocycles. The monoisotopic (exact) mass is 370 g/mol. The summed E-state index contributed by atoms with van der Waals surface area (Å²) < 4.78 is 16.2. The number of hydrogen-bond donors (Lipinski definition) is 1. The summed E-state index contributed by atoms with van der Waals surface area (Å²) in [6.45, 7) is 12.6. The molecule has 2 aliphatic rings. The number of nitrogens with zero attached hydrogens (tertiary/aromatic N) is 1. The Labute approximate surface area is 156 Å². The number of ether oxygens (including phenoxy) is 3. The molecule has 0 spiro atoms. The summed E-state index contributed by atoms with van der Waals surface area (Å²) in [5.74, 6) is -0.370. The predicted molar refractivity (Wildman–Crippen MR) is 97.9 cm³/mol. The van der Waals surface area contributed by atoms with Gasteiger partial charge < -0.3 is 19.5 Å². The van der Waals surface area contributed by atoms with Crippen LogP contribution in [0.4, 0.5) is 4.79 Å². The van der Waals surface area contributed by atoms with Gasteiger partial charge in [0, 0.05) is 32.3 Å². The zero-order valence-corrected chi connectivity index (χ0v) is 16.8. The van der Waals surface area contributed by atoms with Gasteiger partial charge in [0.05, 0.1) is 6.61 Å². The van der Waals surface area contributed by atoms with Gasteiger partial charge in [0.1, 0.15) is 11.6 Å². The van der Waals surface area contributed by atoms with Gasteiger partial charge in [-0.2, -0.15) is 0 Å². The van der Waals surface area contributed by atoms with E-state index in [1.807, 2.05) is 20.8 Å². The van der Waals surface area contributed by atoms with Crippen molar-refractivity contribution in [3.05, 3.63) is 0 Å². The predicted octanol–water partition coefficient (Wildman–Crippen LogP) is 2.33. The van der Waals surface area contributed by atoms with Gasteiger partial charge in [-0.05, 0) is 52.4 Å². The van der Waals surface area contributed by atoms with Crippen molar-refractivity contribution in [1.29, 1.82) is 0 Å². The van der Waals surface area contributed by atoms with Crippen LogP contribution in [-0.2, 0) is 19.0 Å². The fourth-order valence-corrected chi connectivity index (χ4v) is 3.47. The van der Waals surface area contributed by atoms with E-state index in [0.29, 0.717) is 19.6 Å². The first kappa shape index (κ1) is 21.0. The van der Waals surface area contributed by atoms with Crippen molar-refractivity contribution >= 4 is 12.1 Å². The maximum absolute atomic E-state index is 12.5. The molecular weight excluding hydrogens is 336 g/mol. The minimum atomic E-state index is -0.645. The van der Waals surface area contributed by atoms with Crippen LogP contribution in [0.5, 0.6) is 0 Å². The Morgan fingerprint density at radius 2 is 1.92 bits per heavy atom. The minimum absolute atomic E-state index is 0.124. The molecule has 1 N–H and O–H groups in total. The van der Waals surface area contributed by atoms with Crippen molar-refractivity contribution in [2.45, 2.75) is 71.6 Å². The number of carbonyl (C=O) groups is 2. The largest absolute Gasteiger partial charge is 0.464 e. The lowest BCUT2D eigenvalue weighted by Gasteiger charge is -2.36. The highest BCUT2D eigenvalue weighted by molar-refractivity contribution is 5.83. The van der Waals surface area contributed by atoms with Crippen molar-refractivity contribution in [3.8, 4) is 0 Å². The molecule has 1 amide bonds. The minimum Gasteiger partial charge on any atom is -0.464 e. The Morgan fingerprint density at radius 1 is 1.27 bits per heavy atom. The van der Waals surface area contributed by atoms with E-state index in [-0.39, 0.29) is 17.4 Å². The van der Waals surface area contributed by atoms with Gasteiger partial charge in [0.2, 0.25) is 0 Å². The van der Waals surface area contributed by atoms with Gasteiger partial charge >= 0.3 is 12.1 Å². The molecule has 2 heterocycles. The molecule has 0 saturated carbocycles. The van der Waals surface area contributed by atoms with Crippen LogP contribution in [0, 0.1) is 5.41 Å². The third-order valence-corrected chi connectivity index (χ3v) is 5.04. The fraction of sp³-hybridized carbons (Fsp3) is 0.895. The Bertz CT molecular complexity index is 497. The van der Waals surface area contributed by atoms with Gasteiger partial charge in [-0.3, -0.25) is 4.90 Å². The van der Waals surface area contributed by atoms with E-state index in [1.165, 1.54) is 4.90 Å². The maximum Gasteiger partial charge on any atom is 0.411 e. The van der Waals surface area contributed by atoms with E-state index < -0.39 is 17.7 Å². The van der Waals surface area contributed by atoms with Crippen molar-refractivity contribution in [1.82, 2.24) is 10.2 Å². The molecule has 0 aromatic carbocycles. The van der Waals surface area contributed by atoms with Crippen molar-refractivity contribution in [2.75, 3.05) is 32.9 Å². The third kappa shape index (κ3) is 5.58. The van der Waals surface area contributed by atoms with Crippen molar-refractivity contribution in [3.63, 3.8) is 0 Å². The summed E-state index contributed by atoms with van der Waals surface area (Å²) in [5.41, 5.74) is -0.450. The second kappa shape index (κ2) is 8.57. The number of esters is 1. The van der Waals surface area contributed by atoms with Crippen LogP contribution < -0.4 is 5.32 Å². The van der Waals surface area contributed by atoms with E-state index in [0.717, 1.165) is 32.6 Å². The molecule has 7 heteroatoms. The van der Waals surface area contributed by atoms with Gasteiger partial charge in [0.15, 0.2) is 0 Å². The summed E-state index contributed by atoms with van der Waals surface area (Å²) in [7, 11) is 0. The number of amides is 1. The molecule has 2 saturated heterocycles.